The zero-order valence-corrected chi connectivity index (χ0v) is 11.6. The third-order valence-corrected chi connectivity index (χ3v) is 3.32. The van der Waals surface area contributed by atoms with Crippen molar-refractivity contribution in [3.05, 3.63) is 42.5 Å². The number of benzene rings is 1. The molecule has 1 aromatic carbocycles. The van der Waals surface area contributed by atoms with Crippen LogP contribution in [0.5, 0.6) is 0 Å². The van der Waals surface area contributed by atoms with E-state index in [1.54, 1.807) is 6.08 Å². The molecule has 0 bridgehead atoms. The number of fused-ring (bicyclic) bond motifs is 1. The van der Waals surface area contributed by atoms with Crippen LogP contribution in [-0.4, -0.2) is 31.1 Å². The molecule has 5 heteroatoms. The summed E-state index contributed by atoms with van der Waals surface area (Å²) >= 11 is 0. The number of anilines is 1. The number of hydrogen-bond donors (Lipinski definition) is 2. The van der Waals surface area contributed by atoms with Crippen LogP contribution in [0.4, 0.5) is 10.5 Å². The average molecular weight is 273 g/mol. The summed E-state index contributed by atoms with van der Waals surface area (Å²) in [7, 11) is 0. The van der Waals surface area contributed by atoms with E-state index >= 15 is 0 Å². The maximum Gasteiger partial charge on any atom is 0.321 e. The Hall–Kier alpha value is -2.30. The van der Waals surface area contributed by atoms with E-state index < -0.39 is 6.03 Å². The van der Waals surface area contributed by atoms with E-state index in [2.05, 4.69) is 30.2 Å². The molecule has 0 fully saturated rings. The summed E-state index contributed by atoms with van der Waals surface area (Å²) in [4.78, 5) is 25.3. The van der Waals surface area contributed by atoms with Crippen molar-refractivity contribution in [3.8, 4) is 0 Å². The number of para-hydroxylation sites is 1. The summed E-state index contributed by atoms with van der Waals surface area (Å²) in [6.45, 7) is 6.08. The molecule has 3 amide bonds. The first-order valence-electron chi connectivity index (χ1n) is 6.65. The van der Waals surface area contributed by atoms with Crippen LogP contribution in [0.3, 0.4) is 0 Å². The van der Waals surface area contributed by atoms with E-state index in [0.717, 1.165) is 12.1 Å². The zero-order chi connectivity index (χ0) is 14.5. The Morgan fingerprint density at radius 3 is 2.95 bits per heavy atom. The van der Waals surface area contributed by atoms with Crippen LogP contribution in [0.15, 0.2) is 36.9 Å². The van der Waals surface area contributed by atoms with Crippen molar-refractivity contribution in [2.75, 3.05) is 18.0 Å². The molecule has 0 aliphatic carbocycles. The number of carbonyl (C=O) groups excluding carboxylic acids is 2. The summed E-state index contributed by atoms with van der Waals surface area (Å²) in [6, 6.07) is 7.80. The first-order valence-corrected chi connectivity index (χ1v) is 6.65. The Balaban J connectivity index is 1.95. The number of imide groups is 1. The number of rotatable bonds is 4. The van der Waals surface area contributed by atoms with E-state index in [0.29, 0.717) is 6.54 Å². The largest absolute Gasteiger partial charge is 0.359 e. The van der Waals surface area contributed by atoms with E-state index in [1.165, 1.54) is 5.56 Å². The average Bonchev–Trinajstić information content (AvgIpc) is 2.73. The summed E-state index contributed by atoms with van der Waals surface area (Å²) < 4.78 is 0. The molecule has 2 N–H and O–H groups in total. The van der Waals surface area contributed by atoms with Gasteiger partial charge in [-0.3, -0.25) is 10.1 Å². The molecule has 1 aliphatic heterocycles. The van der Waals surface area contributed by atoms with Crippen molar-refractivity contribution in [1.29, 1.82) is 0 Å². The number of carbonyl (C=O) groups is 2. The van der Waals surface area contributed by atoms with E-state index in [-0.39, 0.29) is 18.5 Å². The maximum absolute atomic E-state index is 11.9. The smallest absolute Gasteiger partial charge is 0.321 e. The maximum atomic E-state index is 11.9. The quantitative estimate of drug-likeness (QED) is 0.816. The molecule has 0 saturated carbocycles. The van der Waals surface area contributed by atoms with Crippen LogP contribution >= 0.6 is 0 Å². The van der Waals surface area contributed by atoms with Gasteiger partial charge in [-0.15, -0.1) is 6.58 Å². The highest BCUT2D eigenvalue weighted by Crippen LogP contribution is 2.31. The second-order valence-electron chi connectivity index (χ2n) is 4.86. The van der Waals surface area contributed by atoms with Crippen molar-refractivity contribution >= 4 is 17.6 Å². The molecule has 106 valence electrons. The predicted molar refractivity (Wildman–Crippen MR) is 78.7 cm³/mol. The lowest BCUT2D eigenvalue weighted by molar-refractivity contribution is -0.118. The second-order valence-corrected chi connectivity index (χ2v) is 4.86. The summed E-state index contributed by atoms with van der Waals surface area (Å²) in [5, 5.41) is 4.83. The molecule has 2 rings (SSSR count). The first kappa shape index (κ1) is 14.1. The van der Waals surface area contributed by atoms with Crippen LogP contribution < -0.4 is 15.5 Å². The molecule has 1 aliphatic rings. The molecule has 1 unspecified atom stereocenters. The van der Waals surface area contributed by atoms with Crippen molar-refractivity contribution in [1.82, 2.24) is 10.6 Å². The van der Waals surface area contributed by atoms with Gasteiger partial charge in [0.2, 0.25) is 5.91 Å². The minimum Gasteiger partial charge on any atom is -0.359 e. The molecule has 0 saturated heterocycles. The van der Waals surface area contributed by atoms with Crippen LogP contribution in [0.25, 0.3) is 0 Å². The van der Waals surface area contributed by atoms with Gasteiger partial charge in [0, 0.05) is 18.3 Å². The van der Waals surface area contributed by atoms with Gasteiger partial charge in [-0.05, 0) is 25.0 Å². The van der Waals surface area contributed by atoms with Gasteiger partial charge in [0.25, 0.3) is 0 Å². The lowest BCUT2D eigenvalue weighted by Crippen LogP contribution is -2.45. The Labute approximate surface area is 118 Å². The zero-order valence-electron chi connectivity index (χ0n) is 11.6. The highest BCUT2D eigenvalue weighted by atomic mass is 16.2. The standard InChI is InChI=1S/C15H19N3O2/c1-3-8-16-15(20)17-14(19)10-18-11(2)9-12-6-4-5-7-13(12)18/h3-7,11H,1,8-10H2,2H3,(H2,16,17,19,20). The Morgan fingerprint density at radius 2 is 2.20 bits per heavy atom. The lowest BCUT2D eigenvalue weighted by Gasteiger charge is -2.23. The molecule has 0 radical (unpaired) electrons. The predicted octanol–water partition coefficient (Wildman–Crippen LogP) is 1.45. The van der Waals surface area contributed by atoms with E-state index in [4.69, 9.17) is 0 Å². The SMILES string of the molecule is C=CCNC(=O)NC(=O)CN1c2ccccc2CC1C. The van der Waals surface area contributed by atoms with Crippen LogP contribution in [-0.2, 0) is 11.2 Å². The van der Waals surface area contributed by atoms with Gasteiger partial charge in [0.05, 0.1) is 6.54 Å². The molecular formula is C15H19N3O2. The van der Waals surface area contributed by atoms with Gasteiger partial charge in [-0.25, -0.2) is 4.79 Å². The molecule has 0 spiro atoms. The Bertz CT molecular complexity index is 528. The lowest BCUT2D eigenvalue weighted by atomic mass is 10.1. The minimum absolute atomic E-state index is 0.180. The van der Waals surface area contributed by atoms with Gasteiger partial charge in [0.15, 0.2) is 0 Å². The number of amides is 3. The molecule has 1 heterocycles. The van der Waals surface area contributed by atoms with Crippen molar-refractivity contribution in [2.45, 2.75) is 19.4 Å². The Morgan fingerprint density at radius 1 is 1.45 bits per heavy atom. The molecular weight excluding hydrogens is 254 g/mol. The number of urea groups is 1. The number of nitrogens with zero attached hydrogens (tertiary/aromatic N) is 1. The molecule has 1 aromatic rings. The highest BCUT2D eigenvalue weighted by Gasteiger charge is 2.27. The van der Waals surface area contributed by atoms with Crippen LogP contribution in [0.1, 0.15) is 12.5 Å². The molecule has 1 atom stereocenters. The monoisotopic (exact) mass is 273 g/mol. The minimum atomic E-state index is -0.491. The van der Waals surface area contributed by atoms with E-state index in [1.807, 2.05) is 23.1 Å². The Kier molecular flexibility index (Phi) is 4.40. The first-order chi connectivity index (χ1) is 9.61. The topological polar surface area (TPSA) is 61.4 Å². The fourth-order valence-electron chi connectivity index (χ4n) is 2.40. The number of nitrogens with one attached hydrogen (secondary N) is 2. The molecule has 20 heavy (non-hydrogen) atoms. The van der Waals surface area contributed by atoms with Crippen LogP contribution in [0.2, 0.25) is 0 Å². The van der Waals surface area contributed by atoms with Crippen molar-refractivity contribution < 1.29 is 9.59 Å². The van der Waals surface area contributed by atoms with Gasteiger partial charge < -0.3 is 10.2 Å². The molecule has 0 aromatic heterocycles. The van der Waals surface area contributed by atoms with Gasteiger partial charge in [-0.1, -0.05) is 24.3 Å². The van der Waals surface area contributed by atoms with Gasteiger partial charge in [-0.2, -0.15) is 0 Å². The van der Waals surface area contributed by atoms with Crippen molar-refractivity contribution in [2.24, 2.45) is 0 Å². The van der Waals surface area contributed by atoms with Crippen molar-refractivity contribution in [3.63, 3.8) is 0 Å². The summed E-state index contributed by atoms with van der Waals surface area (Å²) in [5.41, 5.74) is 2.31. The summed E-state index contributed by atoms with van der Waals surface area (Å²) in [5.74, 6) is -0.310. The highest BCUT2D eigenvalue weighted by molar-refractivity contribution is 5.96. The summed E-state index contributed by atoms with van der Waals surface area (Å²) in [6.07, 6.45) is 2.48. The van der Waals surface area contributed by atoms with E-state index in [9.17, 15) is 9.59 Å². The van der Waals surface area contributed by atoms with Gasteiger partial charge in [0.1, 0.15) is 0 Å². The fraction of sp³-hybridized carbons (Fsp3) is 0.333. The third kappa shape index (κ3) is 3.17. The third-order valence-electron chi connectivity index (χ3n) is 3.32. The molecule has 5 nitrogen and oxygen atoms in total. The number of hydrogen-bond acceptors (Lipinski definition) is 3. The normalized spacial score (nSPS) is 16.4. The fourth-order valence-corrected chi connectivity index (χ4v) is 2.40. The second kappa shape index (κ2) is 6.23. The van der Waals surface area contributed by atoms with Crippen LogP contribution in [0, 0.1) is 0 Å². The van der Waals surface area contributed by atoms with Gasteiger partial charge >= 0.3 is 6.03 Å².